The van der Waals surface area contributed by atoms with Gasteiger partial charge in [-0.05, 0) is 37.0 Å². The number of rotatable bonds is 18. The van der Waals surface area contributed by atoms with Crippen molar-refractivity contribution >= 4 is 5.91 Å². The molecule has 0 radical (unpaired) electrons. The zero-order valence-electron chi connectivity index (χ0n) is 17.3. The van der Waals surface area contributed by atoms with Crippen molar-refractivity contribution in [3.63, 3.8) is 0 Å². The highest BCUT2D eigenvalue weighted by atomic mass is 16.3. The van der Waals surface area contributed by atoms with E-state index < -0.39 is 0 Å². The van der Waals surface area contributed by atoms with Crippen LogP contribution in [-0.4, -0.2) is 11.0 Å². The van der Waals surface area contributed by atoms with Gasteiger partial charge in [-0.2, -0.15) is 0 Å². The molecule has 3 N–H and O–H groups in total. The predicted octanol–water partition coefficient (Wildman–Crippen LogP) is 6.66. The molecule has 0 bridgehead atoms. The van der Waals surface area contributed by atoms with Crippen LogP contribution in [0.25, 0.3) is 0 Å². The Labute approximate surface area is 166 Å². The number of phenols is 1. The first kappa shape index (κ1) is 23.5. The van der Waals surface area contributed by atoms with Crippen molar-refractivity contribution in [1.82, 2.24) is 0 Å². The minimum Gasteiger partial charge on any atom is -0.508 e. The van der Waals surface area contributed by atoms with Crippen LogP contribution in [0.1, 0.15) is 108 Å². The molecular weight excluding hydrogens is 334 g/mol. The SMILES string of the molecule is NC(=O)CCCCCCCCCCCCCCCCCc1ccc(O)cc1. The van der Waals surface area contributed by atoms with Crippen LogP contribution in [0.4, 0.5) is 0 Å². The monoisotopic (exact) mass is 375 g/mol. The molecule has 0 unspecified atom stereocenters. The second-order valence-corrected chi connectivity index (χ2v) is 7.94. The molecule has 0 saturated heterocycles. The molecule has 0 aliphatic carbocycles. The van der Waals surface area contributed by atoms with Gasteiger partial charge in [0.05, 0.1) is 0 Å². The smallest absolute Gasteiger partial charge is 0.217 e. The molecular formula is C24H41NO2. The number of amides is 1. The van der Waals surface area contributed by atoms with Crippen LogP contribution < -0.4 is 5.73 Å². The van der Waals surface area contributed by atoms with Crippen LogP contribution in [0.15, 0.2) is 24.3 Å². The van der Waals surface area contributed by atoms with Gasteiger partial charge in [0.15, 0.2) is 0 Å². The summed E-state index contributed by atoms with van der Waals surface area (Å²) in [6, 6.07) is 7.61. The summed E-state index contributed by atoms with van der Waals surface area (Å²) in [5.74, 6) is 0.194. The van der Waals surface area contributed by atoms with E-state index in [9.17, 15) is 9.90 Å². The zero-order valence-corrected chi connectivity index (χ0v) is 17.3. The van der Waals surface area contributed by atoms with Crippen molar-refractivity contribution in [2.75, 3.05) is 0 Å². The third-order valence-electron chi connectivity index (χ3n) is 5.32. The molecule has 3 nitrogen and oxygen atoms in total. The lowest BCUT2D eigenvalue weighted by Gasteiger charge is -2.04. The summed E-state index contributed by atoms with van der Waals surface area (Å²) in [7, 11) is 0. The number of phenolic OH excluding ortho intramolecular Hbond substituents is 1. The van der Waals surface area contributed by atoms with Gasteiger partial charge in [0, 0.05) is 6.42 Å². The fraction of sp³-hybridized carbons (Fsp3) is 0.708. The fourth-order valence-electron chi connectivity index (χ4n) is 3.59. The number of unbranched alkanes of at least 4 members (excludes halogenated alkanes) is 14. The molecule has 1 aromatic carbocycles. The summed E-state index contributed by atoms with van der Waals surface area (Å²) in [5.41, 5.74) is 6.47. The Morgan fingerprint density at radius 2 is 1.00 bits per heavy atom. The summed E-state index contributed by atoms with van der Waals surface area (Å²) in [6.07, 6.45) is 21.3. The Bertz CT molecular complexity index is 470. The second-order valence-electron chi connectivity index (χ2n) is 7.94. The second kappa shape index (κ2) is 16.6. The van der Waals surface area contributed by atoms with E-state index in [1.165, 1.54) is 89.0 Å². The first-order valence-corrected chi connectivity index (χ1v) is 11.2. The zero-order chi connectivity index (χ0) is 19.6. The van der Waals surface area contributed by atoms with Gasteiger partial charge in [0.25, 0.3) is 0 Å². The largest absolute Gasteiger partial charge is 0.508 e. The highest BCUT2D eigenvalue weighted by molar-refractivity contribution is 5.73. The average molecular weight is 376 g/mol. The number of hydrogen-bond donors (Lipinski definition) is 2. The van der Waals surface area contributed by atoms with Gasteiger partial charge in [-0.25, -0.2) is 0 Å². The molecule has 1 aromatic rings. The number of aryl methyl sites for hydroxylation is 1. The Balaban J connectivity index is 1.73. The van der Waals surface area contributed by atoms with Gasteiger partial charge in [0.2, 0.25) is 5.91 Å². The topological polar surface area (TPSA) is 63.3 Å². The number of nitrogens with two attached hydrogens (primary N) is 1. The van der Waals surface area contributed by atoms with Gasteiger partial charge in [-0.1, -0.05) is 95.6 Å². The van der Waals surface area contributed by atoms with Crippen LogP contribution >= 0.6 is 0 Å². The summed E-state index contributed by atoms with van der Waals surface area (Å²) in [6.45, 7) is 0. The van der Waals surface area contributed by atoms with E-state index in [4.69, 9.17) is 5.73 Å². The summed E-state index contributed by atoms with van der Waals surface area (Å²) in [5, 5.41) is 9.27. The third kappa shape index (κ3) is 15.3. The fourth-order valence-corrected chi connectivity index (χ4v) is 3.59. The lowest BCUT2D eigenvalue weighted by atomic mass is 10.0. The molecule has 0 fully saturated rings. The van der Waals surface area contributed by atoms with E-state index in [2.05, 4.69) is 0 Å². The molecule has 27 heavy (non-hydrogen) atoms. The molecule has 0 aliphatic heterocycles. The van der Waals surface area contributed by atoms with Crippen LogP contribution in [-0.2, 0) is 11.2 Å². The van der Waals surface area contributed by atoms with Crippen LogP contribution in [0, 0.1) is 0 Å². The predicted molar refractivity (Wildman–Crippen MR) is 115 cm³/mol. The van der Waals surface area contributed by atoms with Gasteiger partial charge < -0.3 is 10.8 Å². The van der Waals surface area contributed by atoms with Gasteiger partial charge in [-0.3, -0.25) is 4.79 Å². The molecule has 0 spiro atoms. The van der Waals surface area contributed by atoms with Crippen molar-refractivity contribution in [1.29, 1.82) is 0 Å². The first-order chi connectivity index (χ1) is 13.2. The minimum absolute atomic E-state index is 0.163. The van der Waals surface area contributed by atoms with E-state index in [-0.39, 0.29) is 5.91 Å². The van der Waals surface area contributed by atoms with Crippen molar-refractivity contribution in [3.8, 4) is 5.75 Å². The van der Waals surface area contributed by atoms with Gasteiger partial charge in [-0.15, -0.1) is 0 Å². The van der Waals surface area contributed by atoms with Crippen LogP contribution in [0.2, 0.25) is 0 Å². The number of aromatic hydroxyl groups is 1. The normalized spacial score (nSPS) is 11.0. The Hall–Kier alpha value is -1.51. The number of carbonyl (C=O) groups is 1. The third-order valence-corrected chi connectivity index (χ3v) is 5.32. The van der Waals surface area contributed by atoms with Crippen LogP contribution in [0.5, 0.6) is 5.75 Å². The molecule has 0 saturated carbocycles. The molecule has 0 heterocycles. The molecule has 0 aromatic heterocycles. The summed E-state index contributed by atoms with van der Waals surface area (Å²) >= 11 is 0. The molecule has 0 atom stereocenters. The number of carbonyl (C=O) groups excluding carboxylic acids is 1. The quantitative estimate of drug-likeness (QED) is 0.282. The molecule has 0 aliphatic rings. The van der Waals surface area contributed by atoms with Crippen molar-refractivity contribution < 1.29 is 9.90 Å². The average Bonchev–Trinajstić information content (AvgIpc) is 2.65. The van der Waals surface area contributed by atoms with Crippen molar-refractivity contribution in [2.24, 2.45) is 5.73 Å². The van der Waals surface area contributed by atoms with Gasteiger partial charge >= 0.3 is 0 Å². The maximum absolute atomic E-state index is 10.6. The highest BCUT2D eigenvalue weighted by Gasteiger charge is 1.97. The van der Waals surface area contributed by atoms with E-state index in [0.29, 0.717) is 12.2 Å². The van der Waals surface area contributed by atoms with E-state index in [1.54, 1.807) is 12.1 Å². The number of hydrogen-bond acceptors (Lipinski definition) is 2. The lowest BCUT2D eigenvalue weighted by Crippen LogP contribution is -2.09. The summed E-state index contributed by atoms with van der Waals surface area (Å²) < 4.78 is 0. The Kier molecular flexibility index (Phi) is 14.5. The van der Waals surface area contributed by atoms with E-state index in [1.807, 2.05) is 12.1 Å². The maximum atomic E-state index is 10.6. The minimum atomic E-state index is -0.163. The molecule has 1 amide bonds. The summed E-state index contributed by atoms with van der Waals surface area (Å²) in [4.78, 5) is 10.6. The first-order valence-electron chi connectivity index (χ1n) is 11.2. The van der Waals surface area contributed by atoms with Crippen LogP contribution in [0.3, 0.4) is 0 Å². The van der Waals surface area contributed by atoms with Crippen molar-refractivity contribution in [2.45, 2.75) is 109 Å². The standard InChI is InChI=1S/C24H41NO2/c25-24(27)17-15-13-11-9-7-5-3-1-2-4-6-8-10-12-14-16-22-18-20-23(26)21-19-22/h18-21,26H,1-17H2,(H2,25,27). The molecule has 1 rings (SSSR count). The van der Waals surface area contributed by atoms with E-state index in [0.717, 1.165) is 19.3 Å². The van der Waals surface area contributed by atoms with Gasteiger partial charge in [0.1, 0.15) is 5.75 Å². The van der Waals surface area contributed by atoms with E-state index >= 15 is 0 Å². The number of primary amides is 1. The van der Waals surface area contributed by atoms with Crippen molar-refractivity contribution in [3.05, 3.63) is 29.8 Å². The Morgan fingerprint density at radius 1 is 0.630 bits per heavy atom. The highest BCUT2D eigenvalue weighted by Crippen LogP contribution is 2.15. The number of benzene rings is 1. The molecule has 3 heteroatoms. The lowest BCUT2D eigenvalue weighted by molar-refractivity contribution is -0.118. The Morgan fingerprint density at radius 3 is 1.41 bits per heavy atom. The maximum Gasteiger partial charge on any atom is 0.217 e. The molecule has 154 valence electrons.